The first kappa shape index (κ1) is 11.0. The number of hydrogen-bond donors (Lipinski definition) is 1. The Labute approximate surface area is 87.8 Å². The van der Waals surface area contributed by atoms with E-state index in [0.29, 0.717) is 10.6 Å². The zero-order valence-electron chi connectivity index (χ0n) is 8.08. The molecule has 3 nitrogen and oxygen atoms in total. The SMILES string of the molecule is COC(=O)C(C)(N)c1ccc(Cl)cc1. The standard InChI is InChI=1S/C10H12ClNO2/c1-10(12,9(13)14-2)7-3-5-8(11)6-4-7/h3-6H,12H2,1-2H3. The molecule has 0 bridgehead atoms. The zero-order valence-corrected chi connectivity index (χ0v) is 8.84. The molecule has 0 saturated carbocycles. The van der Waals surface area contributed by atoms with Gasteiger partial charge in [-0.05, 0) is 24.6 Å². The highest BCUT2D eigenvalue weighted by Gasteiger charge is 2.31. The molecule has 0 heterocycles. The molecule has 0 radical (unpaired) electrons. The van der Waals surface area contributed by atoms with Crippen molar-refractivity contribution in [3.63, 3.8) is 0 Å². The first-order chi connectivity index (χ1) is 6.48. The molecule has 14 heavy (non-hydrogen) atoms. The Morgan fingerprint density at radius 2 is 1.93 bits per heavy atom. The number of ether oxygens (including phenoxy) is 1. The van der Waals surface area contributed by atoms with Crippen molar-refractivity contribution < 1.29 is 9.53 Å². The lowest BCUT2D eigenvalue weighted by Crippen LogP contribution is -2.42. The molecule has 1 aromatic rings. The molecule has 1 unspecified atom stereocenters. The van der Waals surface area contributed by atoms with E-state index in [1.165, 1.54) is 7.11 Å². The highest BCUT2D eigenvalue weighted by Crippen LogP contribution is 2.21. The van der Waals surface area contributed by atoms with E-state index < -0.39 is 11.5 Å². The van der Waals surface area contributed by atoms with E-state index >= 15 is 0 Å². The summed E-state index contributed by atoms with van der Waals surface area (Å²) < 4.78 is 4.60. The van der Waals surface area contributed by atoms with Crippen LogP contribution in [0.25, 0.3) is 0 Å². The molecule has 1 aromatic carbocycles. The van der Waals surface area contributed by atoms with Crippen molar-refractivity contribution in [2.45, 2.75) is 12.5 Å². The lowest BCUT2D eigenvalue weighted by molar-refractivity contribution is -0.146. The molecular weight excluding hydrogens is 202 g/mol. The summed E-state index contributed by atoms with van der Waals surface area (Å²) in [5.74, 6) is -0.472. The molecule has 0 spiro atoms. The Balaban J connectivity index is 3.03. The number of methoxy groups -OCH3 is 1. The van der Waals surface area contributed by atoms with Crippen molar-refractivity contribution in [2.24, 2.45) is 5.73 Å². The fourth-order valence-electron chi connectivity index (χ4n) is 1.13. The second kappa shape index (κ2) is 3.98. The van der Waals surface area contributed by atoms with Crippen LogP contribution in [-0.4, -0.2) is 13.1 Å². The molecular formula is C10H12ClNO2. The number of halogens is 1. The molecule has 0 aromatic heterocycles. The van der Waals surface area contributed by atoms with Gasteiger partial charge in [-0.3, -0.25) is 0 Å². The average molecular weight is 214 g/mol. The summed E-state index contributed by atoms with van der Waals surface area (Å²) in [6, 6.07) is 6.79. The molecule has 0 fully saturated rings. The molecule has 0 aliphatic rings. The number of carbonyl (C=O) groups is 1. The average Bonchev–Trinajstić information content (AvgIpc) is 2.17. The number of rotatable bonds is 2. The van der Waals surface area contributed by atoms with Crippen molar-refractivity contribution in [1.82, 2.24) is 0 Å². The van der Waals surface area contributed by atoms with Crippen LogP contribution in [0.1, 0.15) is 12.5 Å². The van der Waals surface area contributed by atoms with E-state index in [1.807, 2.05) is 0 Å². The first-order valence-corrected chi connectivity index (χ1v) is 4.49. The van der Waals surface area contributed by atoms with Gasteiger partial charge in [-0.15, -0.1) is 0 Å². The van der Waals surface area contributed by atoms with Gasteiger partial charge in [0.2, 0.25) is 0 Å². The van der Waals surface area contributed by atoms with Crippen LogP contribution in [0, 0.1) is 0 Å². The number of carbonyl (C=O) groups excluding carboxylic acids is 1. The largest absolute Gasteiger partial charge is 0.467 e. The van der Waals surface area contributed by atoms with Gasteiger partial charge in [0.15, 0.2) is 0 Å². The lowest BCUT2D eigenvalue weighted by Gasteiger charge is -2.21. The number of esters is 1. The summed E-state index contributed by atoms with van der Waals surface area (Å²) in [5.41, 5.74) is 5.37. The van der Waals surface area contributed by atoms with Crippen LogP contribution in [0.15, 0.2) is 24.3 Å². The van der Waals surface area contributed by atoms with E-state index in [1.54, 1.807) is 31.2 Å². The number of benzene rings is 1. The molecule has 76 valence electrons. The van der Waals surface area contributed by atoms with Gasteiger partial charge in [-0.2, -0.15) is 0 Å². The van der Waals surface area contributed by atoms with E-state index in [4.69, 9.17) is 17.3 Å². The minimum Gasteiger partial charge on any atom is -0.467 e. The summed E-state index contributed by atoms with van der Waals surface area (Å²) >= 11 is 5.72. The van der Waals surface area contributed by atoms with Crippen LogP contribution in [0.3, 0.4) is 0 Å². The van der Waals surface area contributed by atoms with Crippen LogP contribution in [-0.2, 0) is 15.1 Å². The third-order valence-corrected chi connectivity index (χ3v) is 2.31. The summed E-state index contributed by atoms with van der Waals surface area (Å²) in [4.78, 5) is 11.3. The third-order valence-electron chi connectivity index (χ3n) is 2.05. The maximum Gasteiger partial charge on any atom is 0.330 e. The molecule has 1 rings (SSSR count). The van der Waals surface area contributed by atoms with Gasteiger partial charge in [0.25, 0.3) is 0 Å². The van der Waals surface area contributed by atoms with Gasteiger partial charge in [0, 0.05) is 5.02 Å². The highest BCUT2D eigenvalue weighted by atomic mass is 35.5. The molecule has 1 atom stereocenters. The molecule has 0 saturated heterocycles. The second-order valence-electron chi connectivity index (χ2n) is 3.20. The predicted octanol–water partition coefficient (Wildman–Crippen LogP) is 1.69. The highest BCUT2D eigenvalue weighted by molar-refractivity contribution is 6.30. The Bertz CT molecular complexity index is 332. The van der Waals surface area contributed by atoms with Crippen LogP contribution >= 0.6 is 11.6 Å². The summed E-state index contributed by atoms with van der Waals surface area (Å²) in [6.45, 7) is 1.60. The third kappa shape index (κ3) is 2.05. The minimum atomic E-state index is -1.13. The van der Waals surface area contributed by atoms with Crippen LogP contribution in [0.2, 0.25) is 5.02 Å². The quantitative estimate of drug-likeness (QED) is 0.761. The first-order valence-electron chi connectivity index (χ1n) is 4.12. The van der Waals surface area contributed by atoms with Gasteiger partial charge in [0.1, 0.15) is 5.54 Å². The van der Waals surface area contributed by atoms with Crippen molar-refractivity contribution in [3.8, 4) is 0 Å². The fraction of sp³-hybridized carbons (Fsp3) is 0.300. The van der Waals surface area contributed by atoms with Gasteiger partial charge in [-0.25, -0.2) is 4.79 Å². The monoisotopic (exact) mass is 213 g/mol. The number of hydrogen-bond acceptors (Lipinski definition) is 3. The Kier molecular flexibility index (Phi) is 3.13. The normalized spacial score (nSPS) is 14.6. The number of nitrogens with two attached hydrogens (primary N) is 1. The molecule has 0 aliphatic carbocycles. The molecule has 2 N–H and O–H groups in total. The van der Waals surface area contributed by atoms with Crippen molar-refractivity contribution in [2.75, 3.05) is 7.11 Å². The predicted molar refractivity (Wildman–Crippen MR) is 55.0 cm³/mol. The molecule has 4 heteroatoms. The summed E-state index contributed by atoms with van der Waals surface area (Å²) in [6.07, 6.45) is 0. The van der Waals surface area contributed by atoms with Gasteiger partial charge >= 0.3 is 5.97 Å². The maximum atomic E-state index is 11.3. The Morgan fingerprint density at radius 1 is 1.43 bits per heavy atom. The van der Waals surface area contributed by atoms with Crippen LogP contribution < -0.4 is 5.73 Å². The van der Waals surface area contributed by atoms with Gasteiger partial charge in [-0.1, -0.05) is 23.7 Å². The molecule has 0 amide bonds. The van der Waals surface area contributed by atoms with E-state index in [0.717, 1.165) is 0 Å². The van der Waals surface area contributed by atoms with Crippen molar-refractivity contribution >= 4 is 17.6 Å². The van der Waals surface area contributed by atoms with Crippen molar-refractivity contribution in [3.05, 3.63) is 34.9 Å². The Morgan fingerprint density at radius 3 is 2.36 bits per heavy atom. The van der Waals surface area contributed by atoms with Gasteiger partial charge < -0.3 is 10.5 Å². The van der Waals surface area contributed by atoms with Crippen molar-refractivity contribution in [1.29, 1.82) is 0 Å². The topological polar surface area (TPSA) is 52.3 Å². The Hall–Kier alpha value is -1.06. The lowest BCUT2D eigenvalue weighted by atomic mass is 9.93. The molecule has 0 aliphatic heterocycles. The zero-order chi connectivity index (χ0) is 10.8. The van der Waals surface area contributed by atoms with Gasteiger partial charge in [0.05, 0.1) is 7.11 Å². The van der Waals surface area contributed by atoms with E-state index in [-0.39, 0.29) is 0 Å². The maximum absolute atomic E-state index is 11.3. The smallest absolute Gasteiger partial charge is 0.330 e. The van der Waals surface area contributed by atoms with E-state index in [2.05, 4.69) is 4.74 Å². The van der Waals surface area contributed by atoms with Crippen LogP contribution in [0.5, 0.6) is 0 Å². The fourth-order valence-corrected chi connectivity index (χ4v) is 1.25. The second-order valence-corrected chi connectivity index (χ2v) is 3.64. The summed E-state index contributed by atoms with van der Waals surface area (Å²) in [5, 5.41) is 0.606. The summed E-state index contributed by atoms with van der Waals surface area (Å²) in [7, 11) is 1.31. The van der Waals surface area contributed by atoms with E-state index in [9.17, 15) is 4.79 Å². The van der Waals surface area contributed by atoms with Crippen LogP contribution in [0.4, 0.5) is 0 Å². The minimum absolute atomic E-state index is 0.472.